The highest BCUT2D eigenvalue weighted by Crippen LogP contribution is 2.09. The number of nitrogens with one attached hydrogen (secondary N) is 1. The Bertz CT molecular complexity index is 495. The van der Waals surface area contributed by atoms with Gasteiger partial charge in [-0.15, -0.1) is 0 Å². The maximum atomic E-state index is 12.0. The van der Waals surface area contributed by atoms with Crippen LogP contribution < -0.4 is 5.32 Å². The van der Waals surface area contributed by atoms with E-state index < -0.39 is 0 Å². The molecule has 0 bridgehead atoms. The Morgan fingerprint density at radius 3 is 2.61 bits per heavy atom. The molecule has 1 aromatic rings. The molecule has 0 saturated carbocycles. The highest BCUT2D eigenvalue weighted by atomic mass is 16.1. The second-order valence-corrected chi connectivity index (χ2v) is 4.66. The third-order valence-corrected chi connectivity index (χ3v) is 2.86. The fourth-order valence-electron chi connectivity index (χ4n) is 2.07. The van der Waals surface area contributed by atoms with Gasteiger partial charge >= 0.3 is 0 Å². The molecule has 18 heavy (non-hydrogen) atoms. The fraction of sp³-hybridized carbons (Fsp3) is 0.333. The van der Waals surface area contributed by atoms with E-state index in [1.165, 1.54) is 0 Å². The molecule has 1 aliphatic rings. The number of nitrogens with zero attached hydrogens (tertiary/aromatic N) is 1. The number of benzene rings is 1. The number of hydrogen-bond donors (Lipinski definition) is 1. The molecule has 0 atom stereocenters. The maximum Gasteiger partial charge on any atom is 0.251 e. The molecule has 0 aromatic heterocycles. The molecule has 0 aliphatic carbocycles. The lowest BCUT2D eigenvalue weighted by molar-refractivity contribution is 0.0957. The normalized spacial score (nSPS) is 14.2. The van der Waals surface area contributed by atoms with Crippen molar-refractivity contribution in [2.24, 2.45) is 4.99 Å². The van der Waals surface area contributed by atoms with Crippen LogP contribution in [0.25, 0.3) is 0 Å². The standard InChI is InChI=1S/C15H18N2O/c1-11-6-12(2)8-14(7-11)15(18)17-10-13-4-3-5-16-9-13/h4,6-9H,3,5,10H2,1-2H3,(H,17,18). The molecule has 94 valence electrons. The van der Waals surface area contributed by atoms with E-state index in [0.717, 1.165) is 35.2 Å². The van der Waals surface area contributed by atoms with Crippen molar-refractivity contribution in [3.63, 3.8) is 0 Å². The van der Waals surface area contributed by atoms with Crippen LogP contribution in [0.5, 0.6) is 0 Å². The van der Waals surface area contributed by atoms with Crippen molar-refractivity contribution < 1.29 is 4.79 Å². The summed E-state index contributed by atoms with van der Waals surface area (Å²) in [5.41, 5.74) is 4.03. The molecule has 1 amide bonds. The van der Waals surface area contributed by atoms with Crippen LogP contribution in [0.2, 0.25) is 0 Å². The molecule has 3 nitrogen and oxygen atoms in total. The van der Waals surface area contributed by atoms with E-state index in [1.54, 1.807) is 0 Å². The van der Waals surface area contributed by atoms with Crippen LogP contribution in [-0.2, 0) is 0 Å². The molecule has 0 spiro atoms. The highest BCUT2D eigenvalue weighted by Gasteiger charge is 2.07. The summed E-state index contributed by atoms with van der Waals surface area (Å²) in [7, 11) is 0. The predicted molar refractivity (Wildman–Crippen MR) is 74.3 cm³/mol. The minimum Gasteiger partial charge on any atom is -0.348 e. The van der Waals surface area contributed by atoms with Crippen LogP contribution in [-0.4, -0.2) is 25.2 Å². The number of carbonyl (C=O) groups is 1. The molecule has 0 saturated heterocycles. The van der Waals surface area contributed by atoms with E-state index in [4.69, 9.17) is 0 Å². The Morgan fingerprint density at radius 1 is 1.28 bits per heavy atom. The third-order valence-electron chi connectivity index (χ3n) is 2.86. The van der Waals surface area contributed by atoms with Gasteiger partial charge in [-0.25, -0.2) is 0 Å². The minimum absolute atomic E-state index is 0.0262. The van der Waals surface area contributed by atoms with E-state index in [-0.39, 0.29) is 5.91 Å². The summed E-state index contributed by atoms with van der Waals surface area (Å²) >= 11 is 0. The SMILES string of the molecule is Cc1cc(C)cc(C(=O)NCC2=CCCN=C2)c1. The van der Waals surface area contributed by atoms with Crippen molar-refractivity contribution in [2.75, 3.05) is 13.1 Å². The Balaban J connectivity index is 1.99. The summed E-state index contributed by atoms with van der Waals surface area (Å²) < 4.78 is 0. The summed E-state index contributed by atoms with van der Waals surface area (Å²) in [4.78, 5) is 16.2. The Labute approximate surface area is 108 Å². The molecule has 1 heterocycles. The number of carbonyl (C=O) groups excluding carboxylic acids is 1. The molecule has 0 unspecified atom stereocenters. The zero-order valence-corrected chi connectivity index (χ0v) is 10.9. The predicted octanol–water partition coefficient (Wildman–Crippen LogP) is 2.43. The molecule has 0 fully saturated rings. The highest BCUT2D eigenvalue weighted by molar-refractivity contribution is 5.95. The van der Waals surface area contributed by atoms with Gasteiger partial charge in [0.1, 0.15) is 0 Å². The quantitative estimate of drug-likeness (QED) is 0.869. The van der Waals surface area contributed by atoms with Gasteiger partial charge in [0.15, 0.2) is 0 Å². The lowest BCUT2D eigenvalue weighted by atomic mass is 10.1. The van der Waals surface area contributed by atoms with Gasteiger partial charge in [-0.2, -0.15) is 0 Å². The second kappa shape index (κ2) is 5.63. The topological polar surface area (TPSA) is 41.5 Å². The van der Waals surface area contributed by atoms with Crippen molar-refractivity contribution in [1.82, 2.24) is 5.32 Å². The minimum atomic E-state index is -0.0262. The summed E-state index contributed by atoms with van der Waals surface area (Å²) in [6.45, 7) is 5.41. The molecular formula is C15H18N2O. The van der Waals surface area contributed by atoms with Gasteiger partial charge < -0.3 is 5.32 Å². The number of hydrogen-bond acceptors (Lipinski definition) is 2. The van der Waals surface area contributed by atoms with Gasteiger partial charge in [-0.3, -0.25) is 9.79 Å². The smallest absolute Gasteiger partial charge is 0.251 e. The average Bonchev–Trinajstić information content (AvgIpc) is 2.36. The average molecular weight is 242 g/mol. The van der Waals surface area contributed by atoms with Gasteiger partial charge in [0.05, 0.1) is 0 Å². The Morgan fingerprint density at radius 2 is 2.00 bits per heavy atom. The van der Waals surface area contributed by atoms with Gasteiger partial charge in [0.2, 0.25) is 0 Å². The van der Waals surface area contributed by atoms with Gasteiger partial charge in [0.25, 0.3) is 5.91 Å². The molecule has 1 N–H and O–H groups in total. The van der Waals surface area contributed by atoms with Crippen LogP contribution in [0.15, 0.2) is 34.8 Å². The molecule has 3 heteroatoms. The monoisotopic (exact) mass is 242 g/mol. The number of aliphatic imine (C=N–C) groups is 1. The first-order valence-corrected chi connectivity index (χ1v) is 6.20. The van der Waals surface area contributed by atoms with Crippen molar-refractivity contribution in [1.29, 1.82) is 0 Å². The number of aryl methyl sites for hydroxylation is 2. The number of rotatable bonds is 3. The molecular weight excluding hydrogens is 224 g/mol. The Hall–Kier alpha value is -1.90. The van der Waals surface area contributed by atoms with Crippen LogP contribution in [0.1, 0.15) is 27.9 Å². The molecule has 1 aliphatic heterocycles. The van der Waals surface area contributed by atoms with E-state index in [9.17, 15) is 4.79 Å². The summed E-state index contributed by atoms with van der Waals surface area (Å²) in [6.07, 6.45) is 4.92. The zero-order valence-electron chi connectivity index (χ0n) is 10.9. The largest absolute Gasteiger partial charge is 0.348 e. The third kappa shape index (κ3) is 3.29. The summed E-state index contributed by atoms with van der Waals surface area (Å²) in [5.74, 6) is -0.0262. The maximum absolute atomic E-state index is 12.0. The Kier molecular flexibility index (Phi) is 3.92. The number of dihydropyridines is 1. The van der Waals surface area contributed by atoms with Crippen molar-refractivity contribution >= 4 is 12.1 Å². The van der Waals surface area contributed by atoms with E-state index in [0.29, 0.717) is 6.54 Å². The lowest BCUT2D eigenvalue weighted by Crippen LogP contribution is -2.26. The molecule has 2 rings (SSSR count). The first kappa shape index (κ1) is 12.6. The van der Waals surface area contributed by atoms with Crippen molar-refractivity contribution in [3.8, 4) is 0 Å². The summed E-state index contributed by atoms with van der Waals surface area (Å²) in [5, 5.41) is 2.92. The van der Waals surface area contributed by atoms with Crippen molar-refractivity contribution in [2.45, 2.75) is 20.3 Å². The van der Waals surface area contributed by atoms with E-state index >= 15 is 0 Å². The zero-order chi connectivity index (χ0) is 13.0. The summed E-state index contributed by atoms with van der Waals surface area (Å²) in [6, 6.07) is 5.88. The number of amides is 1. The first-order chi connectivity index (χ1) is 8.65. The van der Waals surface area contributed by atoms with Crippen LogP contribution in [0.3, 0.4) is 0 Å². The fourth-order valence-corrected chi connectivity index (χ4v) is 2.07. The first-order valence-electron chi connectivity index (χ1n) is 6.20. The second-order valence-electron chi connectivity index (χ2n) is 4.66. The van der Waals surface area contributed by atoms with Crippen molar-refractivity contribution in [3.05, 3.63) is 46.5 Å². The van der Waals surface area contributed by atoms with Crippen LogP contribution in [0, 0.1) is 13.8 Å². The van der Waals surface area contributed by atoms with Gasteiger partial charge in [0, 0.05) is 24.9 Å². The van der Waals surface area contributed by atoms with Gasteiger partial charge in [-0.05, 0) is 38.0 Å². The molecule has 0 radical (unpaired) electrons. The van der Waals surface area contributed by atoms with Crippen LogP contribution >= 0.6 is 0 Å². The lowest BCUT2D eigenvalue weighted by Gasteiger charge is -2.09. The van der Waals surface area contributed by atoms with E-state index in [2.05, 4.69) is 22.5 Å². The van der Waals surface area contributed by atoms with Crippen LogP contribution in [0.4, 0.5) is 0 Å². The van der Waals surface area contributed by atoms with E-state index in [1.807, 2.05) is 32.2 Å². The molecule has 1 aromatic carbocycles. The van der Waals surface area contributed by atoms with Gasteiger partial charge in [-0.1, -0.05) is 23.3 Å².